The first kappa shape index (κ1) is 21.3. The van der Waals surface area contributed by atoms with E-state index in [0.29, 0.717) is 23.9 Å². The van der Waals surface area contributed by atoms with Crippen LogP contribution in [0.1, 0.15) is 32.6 Å². The molecule has 0 aromatic heterocycles. The maximum atomic E-state index is 14.5. The minimum Gasteiger partial charge on any atom is -0.378 e. The lowest BCUT2D eigenvalue weighted by Crippen LogP contribution is -2.48. The van der Waals surface area contributed by atoms with Gasteiger partial charge in [0.05, 0.1) is 0 Å². The smallest absolute Gasteiger partial charge is 0.220 e. The Morgan fingerprint density at radius 1 is 0.778 bits per heavy atom. The summed E-state index contributed by atoms with van der Waals surface area (Å²) in [4.78, 5) is 1.76. The van der Waals surface area contributed by atoms with Gasteiger partial charge in [-0.2, -0.15) is 0 Å². The summed E-state index contributed by atoms with van der Waals surface area (Å²) >= 11 is 0. The molecule has 2 aromatic carbocycles. The Balaban J connectivity index is 2.62. The minimum atomic E-state index is -2.13. The molecule has 0 heterocycles. The molecule has 27 heavy (non-hydrogen) atoms. The Hall–Kier alpha value is -2.05. The maximum absolute atomic E-state index is 14.5. The normalized spacial score (nSPS) is 11.0. The van der Waals surface area contributed by atoms with Crippen LogP contribution in [0.3, 0.4) is 0 Å². The van der Waals surface area contributed by atoms with Crippen molar-refractivity contribution in [2.45, 2.75) is 38.9 Å². The summed E-state index contributed by atoms with van der Waals surface area (Å²) in [5.41, 5.74) is 0.473. The highest BCUT2D eigenvalue weighted by Crippen LogP contribution is 2.20. The van der Waals surface area contributed by atoms with E-state index in [4.69, 9.17) is 0 Å². The number of unbranched alkanes of at least 4 members (excludes halogenated alkanes) is 3. The molecule has 0 amide bonds. The Morgan fingerprint density at radius 3 is 1.89 bits per heavy atom. The Kier molecular flexibility index (Phi) is 7.28. The number of para-hydroxylation sites is 1. The molecule has 2 rings (SSSR count). The first-order chi connectivity index (χ1) is 12.8. The Bertz CT molecular complexity index is 765. The lowest BCUT2D eigenvalue weighted by Gasteiger charge is -2.23. The molecule has 0 aliphatic heterocycles. The van der Waals surface area contributed by atoms with E-state index in [0.717, 1.165) is 19.3 Å². The van der Waals surface area contributed by atoms with Gasteiger partial charge in [-0.05, 0) is 6.07 Å². The van der Waals surface area contributed by atoms with Gasteiger partial charge in [0.25, 0.3) is 0 Å². The fourth-order valence-electron chi connectivity index (χ4n) is 3.35. The zero-order chi connectivity index (χ0) is 20.1. The number of halogens is 5. The van der Waals surface area contributed by atoms with Gasteiger partial charge in [0.1, 0.15) is 0 Å². The van der Waals surface area contributed by atoms with Gasteiger partial charge in [0.15, 0.2) is 29.1 Å². The van der Waals surface area contributed by atoms with E-state index in [9.17, 15) is 22.0 Å². The average Bonchev–Trinajstić information content (AvgIpc) is 2.66. The third kappa shape index (κ3) is 4.45. The first-order valence-corrected chi connectivity index (χ1v) is 9.08. The highest BCUT2D eigenvalue weighted by atomic mass is 19.2. The number of hydrogen-bond donors (Lipinski definition) is 0. The second-order valence-electron chi connectivity index (χ2n) is 6.84. The number of rotatable bonds is 8. The summed E-state index contributed by atoms with van der Waals surface area (Å²) in [6.45, 7) is 1.10. The molecule has 0 atom stereocenters. The summed E-state index contributed by atoms with van der Waals surface area (Å²) in [5, 5.41) is 0. The van der Waals surface area contributed by atoms with Crippen LogP contribution in [0.5, 0.6) is 0 Å². The van der Waals surface area contributed by atoms with Crippen LogP contribution in [0.15, 0.2) is 24.3 Å². The van der Waals surface area contributed by atoms with E-state index in [1.807, 2.05) is 6.92 Å². The second-order valence-corrected chi connectivity index (χ2v) is 6.84. The van der Waals surface area contributed by atoms with E-state index in [2.05, 4.69) is 0 Å². The van der Waals surface area contributed by atoms with Gasteiger partial charge in [-0.25, -0.2) is 22.0 Å². The summed E-state index contributed by atoms with van der Waals surface area (Å²) in [6.07, 6.45) is 3.66. The molecule has 0 bridgehead atoms. The average molecular weight is 383 g/mol. The molecule has 0 radical (unpaired) electrons. The predicted octanol–water partition coefficient (Wildman–Crippen LogP) is 4.64. The van der Waals surface area contributed by atoms with Crippen LogP contribution in [0.4, 0.5) is 27.6 Å². The molecule has 0 unspecified atom stereocenters. The Morgan fingerprint density at radius 2 is 1.33 bits per heavy atom. The van der Waals surface area contributed by atoms with Gasteiger partial charge in [-0.15, -0.1) is 0 Å². The van der Waals surface area contributed by atoms with Crippen LogP contribution >= 0.6 is 0 Å². The maximum Gasteiger partial charge on any atom is 0.220 e. The standard InChI is InChI=1S/C20H23BF5N/c1-4-5-6-9-12-21(13-10-7-8-11-14(13)27(2)3)15-16(22)18(24)20(26)19(25)17(15)23/h7-8,10-11H,4-6,9,12H2,1-3H3. The molecule has 0 fully saturated rings. The van der Waals surface area contributed by atoms with Crippen LogP contribution in [0.25, 0.3) is 0 Å². The van der Waals surface area contributed by atoms with E-state index in [1.54, 1.807) is 43.3 Å². The Labute approximate surface area is 157 Å². The van der Waals surface area contributed by atoms with Crippen molar-refractivity contribution in [1.82, 2.24) is 0 Å². The zero-order valence-corrected chi connectivity index (χ0v) is 15.8. The molecule has 2 aromatic rings. The molecule has 0 aliphatic rings. The van der Waals surface area contributed by atoms with Gasteiger partial charge < -0.3 is 4.90 Å². The molecule has 0 saturated heterocycles. The van der Waals surface area contributed by atoms with Gasteiger partial charge in [0.2, 0.25) is 6.71 Å². The molecule has 0 N–H and O–H groups in total. The minimum absolute atomic E-state index is 0.295. The molecule has 7 heteroatoms. The van der Waals surface area contributed by atoms with Gasteiger partial charge in [-0.1, -0.05) is 62.6 Å². The second kappa shape index (κ2) is 9.24. The van der Waals surface area contributed by atoms with Crippen molar-refractivity contribution in [3.8, 4) is 0 Å². The largest absolute Gasteiger partial charge is 0.378 e. The number of hydrogen-bond acceptors (Lipinski definition) is 1. The van der Waals surface area contributed by atoms with E-state index in [1.165, 1.54) is 0 Å². The van der Waals surface area contributed by atoms with Crippen LogP contribution in [-0.4, -0.2) is 20.8 Å². The SMILES string of the molecule is CCCCCCB(c1ccccc1N(C)C)c1c(F)c(F)c(F)c(F)c1F. The monoisotopic (exact) mass is 383 g/mol. The highest BCUT2D eigenvalue weighted by molar-refractivity contribution is 6.86. The summed E-state index contributed by atoms with van der Waals surface area (Å²) in [5.74, 6) is -9.42. The van der Waals surface area contributed by atoms with E-state index < -0.39 is 41.3 Å². The van der Waals surface area contributed by atoms with Gasteiger partial charge in [0, 0.05) is 25.2 Å². The van der Waals surface area contributed by atoms with Crippen molar-refractivity contribution < 1.29 is 22.0 Å². The number of nitrogens with zero attached hydrogens (tertiary/aromatic N) is 1. The van der Waals surface area contributed by atoms with Gasteiger partial charge in [-0.3, -0.25) is 0 Å². The fourth-order valence-corrected chi connectivity index (χ4v) is 3.35. The van der Waals surface area contributed by atoms with Gasteiger partial charge >= 0.3 is 0 Å². The number of anilines is 1. The van der Waals surface area contributed by atoms with E-state index >= 15 is 0 Å². The van der Waals surface area contributed by atoms with Crippen molar-refractivity contribution in [2.75, 3.05) is 19.0 Å². The molecule has 0 aliphatic carbocycles. The van der Waals surface area contributed by atoms with Crippen LogP contribution < -0.4 is 15.8 Å². The third-order valence-corrected chi connectivity index (χ3v) is 4.73. The quantitative estimate of drug-likeness (QED) is 0.211. The molecular weight excluding hydrogens is 360 g/mol. The van der Waals surface area contributed by atoms with Crippen molar-refractivity contribution in [3.63, 3.8) is 0 Å². The number of benzene rings is 2. The topological polar surface area (TPSA) is 3.24 Å². The summed E-state index contributed by atoms with van der Waals surface area (Å²) in [6, 6.07) is 6.91. The van der Waals surface area contributed by atoms with E-state index in [-0.39, 0.29) is 0 Å². The van der Waals surface area contributed by atoms with Crippen molar-refractivity contribution in [1.29, 1.82) is 0 Å². The zero-order valence-electron chi connectivity index (χ0n) is 15.8. The van der Waals surface area contributed by atoms with Crippen molar-refractivity contribution in [2.24, 2.45) is 0 Å². The lowest BCUT2D eigenvalue weighted by molar-refractivity contribution is 0.384. The summed E-state index contributed by atoms with van der Waals surface area (Å²) < 4.78 is 70.1. The molecule has 1 nitrogen and oxygen atoms in total. The van der Waals surface area contributed by atoms with Crippen molar-refractivity contribution in [3.05, 3.63) is 53.4 Å². The van der Waals surface area contributed by atoms with Crippen molar-refractivity contribution >= 4 is 23.3 Å². The lowest BCUT2D eigenvalue weighted by atomic mass is 9.37. The molecule has 0 spiro atoms. The highest BCUT2D eigenvalue weighted by Gasteiger charge is 2.34. The molecular formula is C20H23BF5N. The van der Waals surface area contributed by atoms with Crippen LogP contribution in [0, 0.1) is 29.1 Å². The van der Waals surface area contributed by atoms with Crippen LogP contribution in [0.2, 0.25) is 6.32 Å². The first-order valence-electron chi connectivity index (χ1n) is 9.08. The fraction of sp³-hybridized carbons (Fsp3) is 0.400. The van der Waals surface area contributed by atoms with Crippen LogP contribution in [-0.2, 0) is 0 Å². The molecule has 0 saturated carbocycles. The third-order valence-electron chi connectivity index (χ3n) is 4.73. The summed E-state index contributed by atoms with van der Waals surface area (Å²) in [7, 11) is 3.54. The molecule has 146 valence electrons. The predicted molar refractivity (Wildman–Crippen MR) is 101 cm³/mol.